The molecule has 0 aromatic carbocycles. The minimum Gasteiger partial charge on any atom is -0.461 e. The molecule has 2 spiro atoms. The third-order valence-corrected chi connectivity index (χ3v) is 14.4. The summed E-state index contributed by atoms with van der Waals surface area (Å²) >= 11 is 0. The van der Waals surface area contributed by atoms with Gasteiger partial charge >= 0.3 is 12.1 Å². The van der Waals surface area contributed by atoms with Crippen molar-refractivity contribution in [2.24, 2.45) is 35.3 Å². The van der Waals surface area contributed by atoms with Gasteiger partial charge < -0.3 is 59.5 Å². The van der Waals surface area contributed by atoms with Crippen LogP contribution in [0.2, 0.25) is 0 Å². The zero-order chi connectivity index (χ0) is 44.7. The van der Waals surface area contributed by atoms with E-state index in [4.69, 9.17) is 38.9 Å². The second-order valence-electron chi connectivity index (χ2n) is 18.4. The van der Waals surface area contributed by atoms with E-state index in [-0.39, 0.29) is 49.5 Å². The maximum Gasteiger partial charge on any atom is 0.407 e. The normalized spacial score (nSPS) is 38.9. The van der Waals surface area contributed by atoms with Crippen LogP contribution in [0.4, 0.5) is 4.79 Å². The maximum absolute atomic E-state index is 14.6. The van der Waals surface area contributed by atoms with Crippen molar-refractivity contribution in [3.05, 3.63) is 24.8 Å². The molecule has 61 heavy (non-hydrogen) atoms. The quantitative estimate of drug-likeness (QED) is 0.0697. The van der Waals surface area contributed by atoms with Crippen molar-refractivity contribution in [2.75, 3.05) is 19.8 Å². The van der Waals surface area contributed by atoms with Crippen LogP contribution in [0.1, 0.15) is 126 Å². The fraction of sp³-hybridized carbons (Fsp3) is 0.848. The van der Waals surface area contributed by atoms with Crippen LogP contribution in [0.15, 0.2) is 24.8 Å². The van der Waals surface area contributed by atoms with Gasteiger partial charge in [-0.1, -0.05) is 54.2 Å². The third-order valence-electron chi connectivity index (χ3n) is 14.4. The first-order valence-corrected chi connectivity index (χ1v) is 23.1. The van der Waals surface area contributed by atoms with Crippen LogP contribution in [0.25, 0.3) is 0 Å². The number of hydrogen-bond donors (Lipinski definition) is 5. The molecule has 5 aliphatic rings. The number of hydrogen-bond acceptors (Lipinski definition) is 14. The van der Waals surface area contributed by atoms with E-state index in [0.29, 0.717) is 70.6 Å². The van der Waals surface area contributed by atoms with E-state index in [1.807, 2.05) is 34.6 Å². The molecule has 15 heteroatoms. The van der Waals surface area contributed by atoms with Crippen LogP contribution in [-0.4, -0.2) is 125 Å². The number of Topliss-reactive ketones (excluding diaryl/α,β-unsaturated/α-hetero) is 1. The Balaban J connectivity index is 1.33. The van der Waals surface area contributed by atoms with Gasteiger partial charge in [0, 0.05) is 37.3 Å². The van der Waals surface area contributed by atoms with Crippen molar-refractivity contribution < 1.29 is 62.9 Å². The van der Waals surface area contributed by atoms with Gasteiger partial charge in [-0.3, -0.25) is 9.59 Å². The Morgan fingerprint density at radius 1 is 1.00 bits per heavy atom. The molecule has 0 radical (unpaired) electrons. The summed E-state index contributed by atoms with van der Waals surface area (Å²) in [5, 5.41) is 34.7. The molecule has 0 aliphatic carbocycles. The molecule has 15 nitrogen and oxygen atoms in total. The summed E-state index contributed by atoms with van der Waals surface area (Å²) in [6.45, 7) is 17.3. The lowest BCUT2D eigenvalue weighted by atomic mass is 9.73. The molecule has 1 unspecified atom stereocenters. The Hall–Kier alpha value is -2.47. The zero-order valence-corrected chi connectivity index (χ0v) is 37.6. The van der Waals surface area contributed by atoms with Crippen molar-refractivity contribution in [1.82, 2.24) is 5.32 Å². The molecule has 5 aliphatic heterocycles. The molecule has 0 aromatic rings. The van der Waals surface area contributed by atoms with Crippen LogP contribution in [0, 0.1) is 29.6 Å². The fourth-order valence-electron chi connectivity index (χ4n) is 10.4. The van der Waals surface area contributed by atoms with Gasteiger partial charge in [-0.2, -0.15) is 0 Å². The van der Waals surface area contributed by atoms with Crippen molar-refractivity contribution in [3.63, 3.8) is 0 Å². The highest BCUT2D eigenvalue weighted by atomic mass is 16.8. The number of nitrogens with one attached hydrogen (secondary N) is 1. The van der Waals surface area contributed by atoms with E-state index in [2.05, 4.69) is 18.8 Å². The molecule has 5 heterocycles. The number of aliphatic hydroxyl groups excluding tert-OH is 2. The number of ketones is 1. The molecule has 17 atom stereocenters. The Bertz CT molecular complexity index is 1520. The maximum atomic E-state index is 14.6. The summed E-state index contributed by atoms with van der Waals surface area (Å²) < 4.78 is 45.0. The molecule has 0 aromatic heterocycles. The second kappa shape index (κ2) is 21.5. The van der Waals surface area contributed by atoms with E-state index in [1.165, 1.54) is 6.08 Å². The number of carbonyl (C=O) groups excluding carboxylic acids is 3. The number of amides is 1. The lowest BCUT2D eigenvalue weighted by molar-refractivity contribution is -0.400. The Morgan fingerprint density at radius 3 is 2.36 bits per heavy atom. The minimum atomic E-state index is -1.45. The standard InChI is InChI=1S/C46H76N2O13/c1-9-25-55-42(52)31(10-2)33-15-13-16-36(57-33)38(47)40(51)29(7)39(50)32(11-3)41-27(5)26-28(6)45(60-41)22-19-37(58-43(53)48-23-14-24-49)46(61-45)21-18-35(59-46)34-17-20-44(54,12-4)30(8)56-34/h9,19,22,27-38,40-41,49,51,54H,1,10-18,20-21,23-26,47H2,2-8H3,(H,48,53)/t27-,28+,29+,30-,31+,32-,33+,34+,35?,36+,37+,38+,40+,41-,44+,45-,46-/m0/s1. The molecule has 0 bridgehead atoms. The van der Waals surface area contributed by atoms with Crippen molar-refractivity contribution in [2.45, 2.75) is 198 Å². The Labute approximate surface area is 362 Å². The Kier molecular flexibility index (Phi) is 17.4. The van der Waals surface area contributed by atoms with E-state index in [0.717, 1.165) is 6.42 Å². The van der Waals surface area contributed by atoms with Crippen LogP contribution < -0.4 is 11.1 Å². The molecular weight excluding hydrogens is 789 g/mol. The largest absolute Gasteiger partial charge is 0.461 e. The smallest absolute Gasteiger partial charge is 0.407 e. The molecule has 0 saturated carbocycles. The first-order valence-electron chi connectivity index (χ1n) is 23.1. The van der Waals surface area contributed by atoms with Crippen molar-refractivity contribution in [3.8, 4) is 0 Å². The molecule has 4 fully saturated rings. The van der Waals surface area contributed by atoms with Crippen molar-refractivity contribution >= 4 is 17.8 Å². The van der Waals surface area contributed by atoms with Gasteiger partial charge in [0.1, 0.15) is 12.4 Å². The lowest BCUT2D eigenvalue weighted by Crippen LogP contribution is -2.63. The van der Waals surface area contributed by atoms with Gasteiger partial charge in [0.2, 0.25) is 5.79 Å². The average molecular weight is 865 g/mol. The highest BCUT2D eigenvalue weighted by Crippen LogP contribution is 2.52. The number of rotatable bonds is 18. The Morgan fingerprint density at radius 2 is 1.70 bits per heavy atom. The monoisotopic (exact) mass is 865 g/mol. The van der Waals surface area contributed by atoms with E-state index in [9.17, 15) is 29.7 Å². The van der Waals surface area contributed by atoms with Crippen molar-refractivity contribution in [1.29, 1.82) is 0 Å². The van der Waals surface area contributed by atoms with Gasteiger partial charge in [0.15, 0.2) is 11.9 Å². The van der Waals surface area contributed by atoms with E-state index < -0.39 is 89.8 Å². The number of aliphatic hydroxyl groups is 3. The zero-order valence-electron chi connectivity index (χ0n) is 37.6. The molecule has 6 N–H and O–H groups in total. The number of esters is 1. The highest BCUT2D eigenvalue weighted by molar-refractivity contribution is 5.84. The molecular formula is C46H76N2O13. The van der Waals surface area contributed by atoms with Gasteiger partial charge in [0.05, 0.1) is 60.3 Å². The summed E-state index contributed by atoms with van der Waals surface area (Å²) in [5.41, 5.74) is 5.78. The molecule has 5 rings (SSSR count). The van der Waals surface area contributed by atoms with Crippen LogP contribution >= 0.6 is 0 Å². The van der Waals surface area contributed by atoms with Crippen LogP contribution in [-0.2, 0) is 42.7 Å². The van der Waals surface area contributed by atoms with Gasteiger partial charge in [-0.25, -0.2) is 4.79 Å². The predicted octanol–water partition coefficient (Wildman–Crippen LogP) is 5.00. The number of alkyl carbamates (subject to hydrolysis) is 1. The molecule has 1 amide bonds. The van der Waals surface area contributed by atoms with Gasteiger partial charge in [0.25, 0.3) is 0 Å². The van der Waals surface area contributed by atoms with Crippen LogP contribution in [0.3, 0.4) is 0 Å². The van der Waals surface area contributed by atoms with Gasteiger partial charge in [-0.15, -0.1) is 0 Å². The SMILES string of the molecule is C=CCOC(=O)[C@H](CC)[C@H]1CCC[C@H]([C@@H](N)[C@H](O)[C@H](C)C(=O)[C@H](CC)[C@H]2O[C@]3(C=C[C@@H](OC(=O)NCCCO)[C@]4(CCC([C@H]5CC[C@](O)(CC)[C@H](C)O5)O4)O3)[C@H](C)C[C@@H]2C)O1. The predicted molar refractivity (Wildman–Crippen MR) is 226 cm³/mol. The van der Waals surface area contributed by atoms with E-state index in [1.54, 1.807) is 19.1 Å². The first kappa shape index (κ1) is 49.5. The number of ether oxygens (including phenoxy) is 7. The fourth-order valence-corrected chi connectivity index (χ4v) is 10.4. The minimum absolute atomic E-state index is 0.0623. The topological polar surface area (TPSA) is 215 Å². The highest BCUT2D eigenvalue weighted by Gasteiger charge is 2.61. The summed E-state index contributed by atoms with van der Waals surface area (Å²) in [7, 11) is 0. The molecule has 4 saturated heterocycles. The summed E-state index contributed by atoms with van der Waals surface area (Å²) in [6, 6.07) is -0.876. The summed E-state index contributed by atoms with van der Waals surface area (Å²) in [4.78, 5) is 40.4. The van der Waals surface area contributed by atoms with Gasteiger partial charge in [-0.05, 0) is 95.6 Å². The second-order valence-corrected chi connectivity index (χ2v) is 18.4. The number of nitrogens with two attached hydrogens (primary N) is 1. The van der Waals surface area contributed by atoms with E-state index >= 15 is 0 Å². The third kappa shape index (κ3) is 10.9. The summed E-state index contributed by atoms with van der Waals surface area (Å²) in [5.74, 6) is -5.53. The molecule has 348 valence electrons. The number of carbonyl (C=O) groups is 3. The summed E-state index contributed by atoms with van der Waals surface area (Å²) in [6.07, 6.45) is 6.10. The first-order chi connectivity index (χ1) is 29.0. The lowest BCUT2D eigenvalue weighted by Gasteiger charge is -2.54. The van der Waals surface area contributed by atoms with Crippen LogP contribution in [0.5, 0.6) is 0 Å². The average Bonchev–Trinajstić information content (AvgIpc) is 3.67.